The first-order valence-electron chi connectivity index (χ1n) is 5.80. The van der Waals surface area contributed by atoms with Crippen LogP contribution >= 0.6 is 0 Å². The van der Waals surface area contributed by atoms with Crippen LogP contribution in [0.5, 0.6) is 5.75 Å². The Hall–Kier alpha value is -2.70. The average Bonchev–Trinajstić information content (AvgIpc) is 2.40. The Balaban J connectivity index is 2.60. The first kappa shape index (κ1) is 13.7. The molecule has 0 spiro atoms. The Morgan fingerprint density at radius 3 is 2.70 bits per heavy atom. The number of hydrogen-bond donors (Lipinski definition) is 0. The molecule has 104 valence electrons. The van der Waals surface area contributed by atoms with Crippen molar-refractivity contribution >= 4 is 22.4 Å². The third kappa shape index (κ3) is 2.51. The monoisotopic (exact) mass is 276 g/mol. The van der Waals surface area contributed by atoms with Crippen molar-refractivity contribution in [3.8, 4) is 5.75 Å². The van der Waals surface area contributed by atoms with Crippen molar-refractivity contribution in [1.82, 2.24) is 4.57 Å². The molecule has 2 rings (SSSR count). The number of nitrogens with zero attached hydrogens (tertiary/aromatic N) is 2. The number of Topliss-reactive ketones (excluding diaryl/α,β-unsaturated/α-hetero) is 1. The van der Waals surface area contributed by atoms with E-state index < -0.39 is 10.5 Å². The van der Waals surface area contributed by atoms with Gasteiger partial charge >= 0.3 is 0 Å². The molecule has 0 bridgehead atoms. The van der Waals surface area contributed by atoms with E-state index in [1.54, 1.807) is 0 Å². The maximum atomic E-state index is 12.0. The molecule has 0 saturated carbocycles. The molecule has 2 aromatic rings. The number of non-ortho nitro benzene ring substituents is 1. The summed E-state index contributed by atoms with van der Waals surface area (Å²) < 4.78 is 6.46. The van der Waals surface area contributed by atoms with Crippen molar-refractivity contribution < 1.29 is 14.5 Å². The highest BCUT2D eigenvalue weighted by atomic mass is 16.6. The summed E-state index contributed by atoms with van der Waals surface area (Å²) in [5, 5.41) is 11.3. The molecular formula is C13H12N2O5. The zero-order valence-electron chi connectivity index (χ0n) is 11.0. The van der Waals surface area contributed by atoms with Crippen LogP contribution in [-0.2, 0) is 11.8 Å². The molecule has 7 nitrogen and oxygen atoms in total. The molecule has 7 heteroatoms. The smallest absolute Gasteiger partial charge is 0.293 e. The van der Waals surface area contributed by atoms with Crippen LogP contribution in [0.15, 0.2) is 29.1 Å². The molecule has 1 aromatic carbocycles. The minimum atomic E-state index is -0.513. The summed E-state index contributed by atoms with van der Waals surface area (Å²) in [6.45, 7) is 1.13. The number of carbonyl (C=O) groups is 1. The molecule has 0 N–H and O–H groups in total. The van der Waals surface area contributed by atoms with Crippen molar-refractivity contribution in [2.24, 2.45) is 7.05 Å². The molecule has 0 aliphatic rings. The van der Waals surface area contributed by atoms with E-state index in [-0.39, 0.29) is 23.8 Å². The molecule has 0 aliphatic heterocycles. The lowest BCUT2D eigenvalue weighted by Crippen LogP contribution is -2.21. The highest BCUT2D eigenvalue weighted by molar-refractivity contribution is 5.83. The van der Waals surface area contributed by atoms with E-state index in [1.807, 2.05) is 0 Å². The fourth-order valence-corrected chi connectivity index (χ4v) is 1.84. The van der Waals surface area contributed by atoms with Gasteiger partial charge in [0.2, 0.25) is 0 Å². The second kappa shape index (κ2) is 5.12. The summed E-state index contributed by atoms with van der Waals surface area (Å²) in [5.74, 6) is -0.220. The Morgan fingerprint density at radius 2 is 2.10 bits per heavy atom. The highest BCUT2D eigenvalue weighted by Crippen LogP contribution is 2.22. The minimum Gasteiger partial charge on any atom is -0.480 e. The number of nitro groups is 1. The maximum absolute atomic E-state index is 12.0. The quantitative estimate of drug-likeness (QED) is 0.622. The van der Waals surface area contributed by atoms with Crippen molar-refractivity contribution in [2.45, 2.75) is 6.92 Å². The van der Waals surface area contributed by atoms with Gasteiger partial charge in [-0.05, 0) is 19.1 Å². The van der Waals surface area contributed by atoms with Gasteiger partial charge in [0, 0.05) is 24.6 Å². The molecule has 1 aromatic heterocycles. The van der Waals surface area contributed by atoms with Crippen molar-refractivity contribution in [3.63, 3.8) is 0 Å². The standard InChI is InChI=1S/C13H12N2O5/c1-8(16)7-20-12-6-9-5-10(15(18)19)3-4-11(9)14(2)13(12)17/h3-6H,7H2,1-2H3. The van der Waals surface area contributed by atoms with Crippen LogP contribution in [0, 0.1) is 10.1 Å². The van der Waals surface area contributed by atoms with Crippen LogP contribution in [0.2, 0.25) is 0 Å². The number of ketones is 1. The summed E-state index contributed by atoms with van der Waals surface area (Å²) in [5.41, 5.74) is 0.0806. The Labute approximate surface area is 113 Å². The summed E-state index contributed by atoms with van der Waals surface area (Å²) in [6.07, 6.45) is 0. The van der Waals surface area contributed by atoms with E-state index in [9.17, 15) is 19.7 Å². The van der Waals surface area contributed by atoms with Gasteiger partial charge in [0.15, 0.2) is 11.5 Å². The second-order valence-corrected chi connectivity index (χ2v) is 4.36. The Kier molecular flexibility index (Phi) is 3.51. The van der Waals surface area contributed by atoms with Crippen molar-refractivity contribution in [1.29, 1.82) is 0 Å². The average molecular weight is 276 g/mol. The van der Waals surface area contributed by atoms with Gasteiger partial charge in [-0.25, -0.2) is 0 Å². The van der Waals surface area contributed by atoms with E-state index in [2.05, 4.69) is 0 Å². The molecule has 0 amide bonds. The van der Waals surface area contributed by atoms with E-state index >= 15 is 0 Å². The highest BCUT2D eigenvalue weighted by Gasteiger charge is 2.12. The molecule has 0 unspecified atom stereocenters. The first-order valence-corrected chi connectivity index (χ1v) is 5.80. The number of hydrogen-bond acceptors (Lipinski definition) is 5. The number of carbonyl (C=O) groups excluding carboxylic acids is 1. The number of rotatable bonds is 4. The lowest BCUT2D eigenvalue weighted by Gasteiger charge is -2.09. The van der Waals surface area contributed by atoms with Crippen molar-refractivity contribution in [2.75, 3.05) is 6.61 Å². The van der Waals surface area contributed by atoms with E-state index in [4.69, 9.17) is 4.74 Å². The third-order valence-corrected chi connectivity index (χ3v) is 2.82. The zero-order chi connectivity index (χ0) is 14.9. The molecule has 20 heavy (non-hydrogen) atoms. The van der Waals surface area contributed by atoms with Gasteiger partial charge in [-0.2, -0.15) is 0 Å². The van der Waals surface area contributed by atoms with Gasteiger partial charge < -0.3 is 9.30 Å². The number of nitro benzene ring substituents is 1. The Bertz CT molecular complexity index is 763. The molecule has 0 radical (unpaired) electrons. The SMILES string of the molecule is CC(=O)COc1cc2cc([N+](=O)[O-])ccc2n(C)c1=O. The van der Waals surface area contributed by atoms with E-state index in [0.717, 1.165) is 0 Å². The number of aryl methyl sites for hydroxylation is 1. The summed E-state index contributed by atoms with van der Waals surface area (Å²) in [4.78, 5) is 33.1. The number of aromatic nitrogens is 1. The topological polar surface area (TPSA) is 91.4 Å². The first-order chi connectivity index (χ1) is 9.40. The fourth-order valence-electron chi connectivity index (χ4n) is 1.84. The molecule has 1 heterocycles. The Morgan fingerprint density at radius 1 is 1.40 bits per heavy atom. The van der Waals surface area contributed by atoms with Crippen LogP contribution in [0.1, 0.15) is 6.92 Å². The van der Waals surface area contributed by atoms with Crippen LogP contribution in [0.4, 0.5) is 5.69 Å². The molecule has 0 aliphatic carbocycles. The van der Waals surface area contributed by atoms with Gasteiger partial charge in [-0.15, -0.1) is 0 Å². The molecule has 0 saturated heterocycles. The lowest BCUT2D eigenvalue weighted by atomic mass is 10.2. The number of benzene rings is 1. The van der Waals surface area contributed by atoms with Crippen LogP contribution in [0.3, 0.4) is 0 Å². The minimum absolute atomic E-state index is 0.00398. The summed E-state index contributed by atoms with van der Waals surface area (Å²) in [6, 6.07) is 5.60. The van der Waals surface area contributed by atoms with E-state index in [1.165, 1.54) is 42.8 Å². The molecule has 0 fully saturated rings. The largest absolute Gasteiger partial charge is 0.480 e. The van der Waals surface area contributed by atoms with Crippen LogP contribution in [-0.4, -0.2) is 21.9 Å². The van der Waals surface area contributed by atoms with Gasteiger partial charge in [-0.3, -0.25) is 19.7 Å². The molecular weight excluding hydrogens is 264 g/mol. The number of ether oxygens (including phenoxy) is 1. The number of fused-ring (bicyclic) bond motifs is 1. The summed E-state index contributed by atoms with van der Waals surface area (Å²) >= 11 is 0. The van der Waals surface area contributed by atoms with Crippen LogP contribution < -0.4 is 10.3 Å². The van der Waals surface area contributed by atoms with Crippen LogP contribution in [0.25, 0.3) is 10.9 Å². The van der Waals surface area contributed by atoms with E-state index in [0.29, 0.717) is 10.9 Å². The van der Waals surface area contributed by atoms with Gasteiger partial charge in [-0.1, -0.05) is 0 Å². The second-order valence-electron chi connectivity index (χ2n) is 4.36. The number of pyridine rings is 1. The maximum Gasteiger partial charge on any atom is 0.293 e. The predicted octanol–water partition coefficient (Wildman–Crippen LogP) is 1.41. The predicted molar refractivity (Wildman–Crippen MR) is 72.0 cm³/mol. The van der Waals surface area contributed by atoms with Gasteiger partial charge in [0.1, 0.15) is 6.61 Å². The van der Waals surface area contributed by atoms with Gasteiger partial charge in [0.25, 0.3) is 11.2 Å². The summed E-state index contributed by atoms with van der Waals surface area (Å²) in [7, 11) is 1.54. The third-order valence-electron chi connectivity index (χ3n) is 2.82. The normalized spacial score (nSPS) is 10.5. The zero-order valence-corrected chi connectivity index (χ0v) is 11.0. The lowest BCUT2D eigenvalue weighted by molar-refractivity contribution is -0.384. The fraction of sp³-hybridized carbons (Fsp3) is 0.231. The van der Waals surface area contributed by atoms with Crippen molar-refractivity contribution in [3.05, 3.63) is 44.7 Å². The van der Waals surface area contributed by atoms with Gasteiger partial charge in [0.05, 0.1) is 10.4 Å². The molecule has 0 atom stereocenters.